The van der Waals surface area contributed by atoms with Crippen molar-refractivity contribution in [2.45, 2.75) is 38.8 Å². The highest BCUT2D eigenvalue weighted by Gasteiger charge is 2.29. The molecule has 2 atom stereocenters. The topological polar surface area (TPSA) is 50.7 Å². The molecule has 1 aliphatic heterocycles. The summed E-state index contributed by atoms with van der Waals surface area (Å²) in [5.74, 6) is -0.125. The third kappa shape index (κ3) is 3.26. The number of hydrogen-bond acceptors (Lipinski definition) is 3. The lowest BCUT2D eigenvalue weighted by Crippen LogP contribution is -2.39. The molecule has 102 valence electrons. The first-order valence-electron chi connectivity index (χ1n) is 6.39. The van der Waals surface area contributed by atoms with Crippen LogP contribution in [0.5, 0.6) is 0 Å². The van der Waals surface area contributed by atoms with Crippen molar-refractivity contribution >= 4 is 23.2 Å². The number of nitrogens with zero attached hydrogens (tertiary/aromatic N) is 1. The summed E-state index contributed by atoms with van der Waals surface area (Å²) in [6.45, 7) is 3.98. The average Bonchev–Trinajstić information content (AvgIpc) is 2.88. The molecule has 0 saturated heterocycles. The Labute approximate surface area is 117 Å². The van der Waals surface area contributed by atoms with E-state index in [-0.39, 0.29) is 11.9 Å². The van der Waals surface area contributed by atoms with Crippen LogP contribution in [0.4, 0.5) is 0 Å². The number of carbonyl (C=O) groups excluding carboxylic acids is 1. The smallest absolute Gasteiger partial charge is 0.264 e. The monoisotopic (exact) mass is 280 g/mol. The third-order valence-corrected chi connectivity index (χ3v) is 3.48. The van der Waals surface area contributed by atoms with Crippen molar-refractivity contribution < 1.29 is 9.63 Å². The van der Waals surface area contributed by atoms with E-state index in [9.17, 15) is 4.79 Å². The Morgan fingerprint density at radius 3 is 3.00 bits per heavy atom. The molecular weight excluding hydrogens is 264 g/mol. The lowest BCUT2D eigenvalue weighted by Gasteiger charge is -2.14. The second kappa shape index (κ2) is 6.06. The zero-order valence-electron chi connectivity index (χ0n) is 11.0. The van der Waals surface area contributed by atoms with Gasteiger partial charge in [0.2, 0.25) is 6.10 Å². The Morgan fingerprint density at radius 1 is 1.58 bits per heavy atom. The summed E-state index contributed by atoms with van der Waals surface area (Å²) in [6.07, 6.45) is 0.781. The molecule has 0 aliphatic carbocycles. The molecule has 5 heteroatoms. The molecular formula is C14H17ClN2O2. The second-order valence-electron chi connectivity index (χ2n) is 4.63. The maximum Gasteiger partial charge on any atom is 0.264 e. The lowest BCUT2D eigenvalue weighted by molar-refractivity contribution is -0.131. The van der Waals surface area contributed by atoms with Crippen LogP contribution in [0.3, 0.4) is 0 Å². The van der Waals surface area contributed by atoms with E-state index in [0.29, 0.717) is 11.4 Å². The summed E-state index contributed by atoms with van der Waals surface area (Å²) in [6, 6.07) is 7.55. The zero-order valence-corrected chi connectivity index (χ0v) is 11.8. The molecule has 2 unspecified atom stereocenters. The molecule has 4 nitrogen and oxygen atoms in total. The van der Waals surface area contributed by atoms with Gasteiger partial charge in [0.15, 0.2) is 0 Å². The number of benzene rings is 1. The second-order valence-corrected chi connectivity index (χ2v) is 5.04. The minimum Gasteiger partial charge on any atom is -0.382 e. The van der Waals surface area contributed by atoms with Crippen molar-refractivity contribution in [1.82, 2.24) is 5.32 Å². The molecule has 1 aromatic rings. The van der Waals surface area contributed by atoms with Crippen LogP contribution >= 0.6 is 11.6 Å². The van der Waals surface area contributed by atoms with Crippen molar-refractivity contribution in [2.75, 3.05) is 0 Å². The Kier molecular flexibility index (Phi) is 4.43. The standard InChI is InChI=1S/C14H17ClN2O2/c1-3-9(2)16-14(18)13-8-12(17-19-13)10-6-4-5-7-11(10)15/h4-7,9,13H,3,8H2,1-2H3,(H,16,18). The van der Waals surface area contributed by atoms with E-state index in [1.807, 2.05) is 32.0 Å². The van der Waals surface area contributed by atoms with E-state index in [1.165, 1.54) is 0 Å². The van der Waals surface area contributed by atoms with E-state index in [0.717, 1.165) is 17.7 Å². The number of hydrogen-bond donors (Lipinski definition) is 1. The van der Waals surface area contributed by atoms with E-state index >= 15 is 0 Å². The zero-order chi connectivity index (χ0) is 13.8. The summed E-state index contributed by atoms with van der Waals surface area (Å²) in [5, 5.41) is 7.48. The molecule has 1 heterocycles. The van der Waals surface area contributed by atoms with Crippen LogP contribution in [-0.2, 0) is 9.63 Å². The molecule has 0 fully saturated rings. The number of amides is 1. The van der Waals surface area contributed by atoms with Gasteiger partial charge in [-0.15, -0.1) is 0 Å². The minimum absolute atomic E-state index is 0.125. The van der Waals surface area contributed by atoms with Crippen LogP contribution in [0.2, 0.25) is 5.02 Å². The molecule has 0 radical (unpaired) electrons. The van der Waals surface area contributed by atoms with E-state index in [4.69, 9.17) is 16.4 Å². The third-order valence-electron chi connectivity index (χ3n) is 3.15. The van der Waals surface area contributed by atoms with Gasteiger partial charge in [-0.25, -0.2) is 0 Å². The molecule has 0 bridgehead atoms. The summed E-state index contributed by atoms with van der Waals surface area (Å²) in [5.41, 5.74) is 1.54. The van der Waals surface area contributed by atoms with Gasteiger partial charge in [-0.3, -0.25) is 4.79 Å². The number of rotatable bonds is 4. The van der Waals surface area contributed by atoms with Gasteiger partial charge >= 0.3 is 0 Å². The summed E-state index contributed by atoms with van der Waals surface area (Å²) in [4.78, 5) is 17.1. The molecule has 1 N–H and O–H groups in total. The number of nitrogens with one attached hydrogen (secondary N) is 1. The number of halogens is 1. The SMILES string of the molecule is CCC(C)NC(=O)C1CC(c2ccccc2Cl)=NO1. The first kappa shape index (κ1) is 13.9. The molecule has 0 aromatic heterocycles. The van der Waals surface area contributed by atoms with Crippen LogP contribution in [0.25, 0.3) is 0 Å². The molecule has 19 heavy (non-hydrogen) atoms. The fourth-order valence-corrected chi connectivity index (χ4v) is 2.05. The van der Waals surface area contributed by atoms with Crippen molar-refractivity contribution in [1.29, 1.82) is 0 Å². The van der Waals surface area contributed by atoms with Gasteiger partial charge in [-0.1, -0.05) is 41.9 Å². The van der Waals surface area contributed by atoms with Gasteiger partial charge in [0.1, 0.15) is 0 Å². The molecule has 2 rings (SSSR count). The molecule has 1 aliphatic rings. The average molecular weight is 281 g/mol. The van der Waals surface area contributed by atoms with Gasteiger partial charge in [0, 0.05) is 23.0 Å². The van der Waals surface area contributed by atoms with Crippen molar-refractivity contribution in [2.24, 2.45) is 5.16 Å². The maximum atomic E-state index is 11.9. The van der Waals surface area contributed by atoms with Gasteiger partial charge in [0.05, 0.1) is 5.71 Å². The summed E-state index contributed by atoms with van der Waals surface area (Å²) < 4.78 is 0. The van der Waals surface area contributed by atoms with Crippen LogP contribution in [0, 0.1) is 0 Å². The molecule has 1 aromatic carbocycles. The highest BCUT2D eigenvalue weighted by molar-refractivity contribution is 6.34. The van der Waals surface area contributed by atoms with Gasteiger partial charge < -0.3 is 10.2 Å². The molecule has 1 amide bonds. The van der Waals surface area contributed by atoms with Crippen LogP contribution in [0.1, 0.15) is 32.3 Å². The Hall–Kier alpha value is -1.55. The predicted molar refractivity (Wildman–Crippen MR) is 75.4 cm³/mol. The maximum absolute atomic E-state index is 11.9. The number of oxime groups is 1. The van der Waals surface area contributed by atoms with E-state index in [2.05, 4.69) is 10.5 Å². The van der Waals surface area contributed by atoms with Crippen LogP contribution in [0.15, 0.2) is 29.4 Å². The van der Waals surface area contributed by atoms with Crippen LogP contribution in [-0.4, -0.2) is 23.8 Å². The first-order chi connectivity index (χ1) is 9.11. The Balaban J connectivity index is 2.00. The van der Waals surface area contributed by atoms with Gasteiger partial charge in [-0.2, -0.15) is 0 Å². The van der Waals surface area contributed by atoms with Gasteiger partial charge in [0.25, 0.3) is 5.91 Å². The first-order valence-corrected chi connectivity index (χ1v) is 6.77. The van der Waals surface area contributed by atoms with Crippen LogP contribution < -0.4 is 5.32 Å². The molecule has 0 saturated carbocycles. The van der Waals surface area contributed by atoms with E-state index in [1.54, 1.807) is 6.07 Å². The highest BCUT2D eigenvalue weighted by atomic mass is 35.5. The fraction of sp³-hybridized carbons (Fsp3) is 0.429. The Bertz CT molecular complexity index is 502. The van der Waals surface area contributed by atoms with Crippen molar-refractivity contribution in [3.05, 3.63) is 34.9 Å². The van der Waals surface area contributed by atoms with E-state index < -0.39 is 6.10 Å². The predicted octanol–water partition coefficient (Wildman–Crippen LogP) is 2.75. The largest absolute Gasteiger partial charge is 0.382 e. The summed E-state index contributed by atoms with van der Waals surface area (Å²) in [7, 11) is 0. The Morgan fingerprint density at radius 2 is 2.32 bits per heavy atom. The van der Waals surface area contributed by atoms with Crippen molar-refractivity contribution in [3.8, 4) is 0 Å². The molecule has 0 spiro atoms. The van der Waals surface area contributed by atoms with Crippen molar-refractivity contribution in [3.63, 3.8) is 0 Å². The normalized spacial score (nSPS) is 19.5. The fourth-order valence-electron chi connectivity index (χ4n) is 1.81. The lowest BCUT2D eigenvalue weighted by atomic mass is 10.0. The number of carbonyl (C=O) groups is 1. The quantitative estimate of drug-likeness (QED) is 0.922. The highest BCUT2D eigenvalue weighted by Crippen LogP contribution is 2.22. The van der Waals surface area contributed by atoms with Gasteiger partial charge in [-0.05, 0) is 19.4 Å². The minimum atomic E-state index is -0.555. The summed E-state index contributed by atoms with van der Waals surface area (Å²) >= 11 is 6.10.